The fraction of sp³-hybridized carbons (Fsp3) is 0.150. The molecule has 3 rings (SSSR count). The number of benzene rings is 2. The summed E-state index contributed by atoms with van der Waals surface area (Å²) in [5.74, 6) is -0.472. The Morgan fingerprint density at radius 3 is 2.70 bits per heavy atom. The van der Waals surface area contributed by atoms with Gasteiger partial charge < -0.3 is 14.5 Å². The monoisotopic (exact) mass is 368 g/mol. The first kappa shape index (κ1) is 18.3. The standard InChI is InChI=1S/C20H17FN2O4/c1-12-17(23-19(27-12)13-5-3-7-15(21)9-13)11-18(24)22-16-8-4-6-14(10-16)20(25)26-2/h3-10H,11H2,1-2H3,(H,22,24). The molecule has 0 bridgehead atoms. The summed E-state index contributed by atoms with van der Waals surface area (Å²) >= 11 is 0. The predicted octanol–water partition coefficient (Wildman–Crippen LogP) is 3.76. The molecule has 3 aromatic rings. The van der Waals surface area contributed by atoms with Crippen molar-refractivity contribution in [3.8, 4) is 11.5 Å². The molecule has 1 N–H and O–H groups in total. The number of oxazole rings is 1. The number of hydrogen-bond acceptors (Lipinski definition) is 5. The second-order valence-electron chi connectivity index (χ2n) is 5.83. The molecule has 138 valence electrons. The molecule has 0 fully saturated rings. The van der Waals surface area contributed by atoms with Gasteiger partial charge in [-0.15, -0.1) is 0 Å². The Balaban J connectivity index is 1.72. The Bertz CT molecular complexity index is 997. The third-order valence-electron chi connectivity index (χ3n) is 3.86. The topological polar surface area (TPSA) is 81.4 Å². The second-order valence-corrected chi connectivity index (χ2v) is 5.83. The first-order valence-corrected chi connectivity index (χ1v) is 8.16. The van der Waals surface area contributed by atoms with E-state index in [0.29, 0.717) is 28.3 Å². The molecule has 0 spiro atoms. The van der Waals surface area contributed by atoms with Gasteiger partial charge in [-0.3, -0.25) is 4.79 Å². The number of anilines is 1. The lowest BCUT2D eigenvalue weighted by atomic mass is 10.2. The second kappa shape index (κ2) is 7.82. The van der Waals surface area contributed by atoms with Crippen LogP contribution in [0.25, 0.3) is 11.5 Å². The number of rotatable bonds is 5. The zero-order valence-electron chi connectivity index (χ0n) is 14.8. The Morgan fingerprint density at radius 2 is 1.96 bits per heavy atom. The van der Waals surface area contributed by atoms with E-state index in [2.05, 4.69) is 15.0 Å². The number of nitrogens with zero attached hydrogens (tertiary/aromatic N) is 1. The largest absolute Gasteiger partial charge is 0.465 e. The first-order chi connectivity index (χ1) is 13.0. The molecule has 0 radical (unpaired) electrons. The van der Waals surface area contributed by atoms with Crippen LogP contribution in [-0.4, -0.2) is 24.0 Å². The van der Waals surface area contributed by atoms with Gasteiger partial charge in [0.25, 0.3) is 0 Å². The quantitative estimate of drug-likeness (QED) is 0.694. The number of carbonyl (C=O) groups is 2. The highest BCUT2D eigenvalue weighted by molar-refractivity contribution is 5.95. The lowest BCUT2D eigenvalue weighted by Gasteiger charge is -2.06. The zero-order valence-corrected chi connectivity index (χ0v) is 14.8. The molecular weight excluding hydrogens is 351 g/mol. The number of nitrogens with one attached hydrogen (secondary N) is 1. The van der Waals surface area contributed by atoms with Gasteiger partial charge in [-0.05, 0) is 43.3 Å². The minimum absolute atomic E-state index is 0.0207. The van der Waals surface area contributed by atoms with Gasteiger partial charge in [0.05, 0.1) is 24.8 Å². The average Bonchev–Trinajstić information content (AvgIpc) is 3.01. The zero-order chi connectivity index (χ0) is 19.4. The van der Waals surface area contributed by atoms with Crippen molar-refractivity contribution in [2.24, 2.45) is 0 Å². The Morgan fingerprint density at radius 1 is 1.19 bits per heavy atom. The number of amides is 1. The van der Waals surface area contributed by atoms with Gasteiger partial charge in [0, 0.05) is 11.3 Å². The van der Waals surface area contributed by atoms with Crippen LogP contribution < -0.4 is 5.32 Å². The van der Waals surface area contributed by atoms with E-state index in [1.165, 1.54) is 25.3 Å². The van der Waals surface area contributed by atoms with Crippen LogP contribution in [0.15, 0.2) is 52.9 Å². The highest BCUT2D eigenvalue weighted by Crippen LogP contribution is 2.23. The number of esters is 1. The summed E-state index contributed by atoms with van der Waals surface area (Å²) in [7, 11) is 1.29. The summed E-state index contributed by atoms with van der Waals surface area (Å²) in [5, 5.41) is 2.71. The highest BCUT2D eigenvalue weighted by atomic mass is 19.1. The predicted molar refractivity (Wildman–Crippen MR) is 96.7 cm³/mol. The fourth-order valence-electron chi connectivity index (χ4n) is 2.54. The lowest BCUT2D eigenvalue weighted by molar-refractivity contribution is -0.115. The molecular formula is C20H17FN2O4. The van der Waals surface area contributed by atoms with E-state index < -0.39 is 11.8 Å². The number of carbonyl (C=O) groups excluding carboxylic acids is 2. The highest BCUT2D eigenvalue weighted by Gasteiger charge is 2.16. The van der Waals surface area contributed by atoms with E-state index in [0.717, 1.165) is 0 Å². The molecule has 0 saturated carbocycles. The van der Waals surface area contributed by atoms with E-state index in [1.807, 2.05) is 0 Å². The molecule has 1 amide bonds. The van der Waals surface area contributed by atoms with Gasteiger partial charge in [0.2, 0.25) is 11.8 Å². The molecule has 0 aliphatic heterocycles. The summed E-state index contributed by atoms with van der Waals surface area (Å²) in [4.78, 5) is 28.2. The van der Waals surface area contributed by atoms with Gasteiger partial charge in [-0.1, -0.05) is 12.1 Å². The molecule has 6 nitrogen and oxygen atoms in total. The van der Waals surface area contributed by atoms with Crippen LogP contribution in [0.1, 0.15) is 21.8 Å². The van der Waals surface area contributed by atoms with Crippen LogP contribution in [0.3, 0.4) is 0 Å². The van der Waals surface area contributed by atoms with Crippen molar-refractivity contribution < 1.29 is 23.1 Å². The third-order valence-corrected chi connectivity index (χ3v) is 3.86. The molecule has 0 atom stereocenters. The third kappa shape index (κ3) is 4.38. The molecule has 1 aromatic heterocycles. The van der Waals surface area contributed by atoms with Crippen molar-refractivity contribution in [1.29, 1.82) is 0 Å². The smallest absolute Gasteiger partial charge is 0.337 e. The van der Waals surface area contributed by atoms with Gasteiger partial charge in [0.1, 0.15) is 11.6 Å². The maximum absolute atomic E-state index is 13.4. The lowest BCUT2D eigenvalue weighted by Crippen LogP contribution is -2.15. The van der Waals surface area contributed by atoms with Gasteiger partial charge in [-0.2, -0.15) is 0 Å². The Labute approximate surface area is 155 Å². The van der Waals surface area contributed by atoms with Crippen LogP contribution in [0.5, 0.6) is 0 Å². The first-order valence-electron chi connectivity index (χ1n) is 8.16. The number of methoxy groups -OCH3 is 1. The van der Waals surface area contributed by atoms with Crippen molar-refractivity contribution in [1.82, 2.24) is 4.98 Å². The SMILES string of the molecule is COC(=O)c1cccc(NC(=O)Cc2nc(-c3cccc(F)c3)oc2C)c1. The van der Waals surface area contributed by atoms with Crippen LogP contribution >= 0.6 is 0 Å². The van der Waals surface area contributed by atoms with Crippen LogP contribution in [0, 0.1) is 12.7 Å². The normalized spacial score (nSPS) is 10.5. The molecule has 1 heterocycles. The van der Waals surface area contributed by atoms with Crippen molar-refractivity contribution in [3.63, 3.8) is 0 Å². The van der Waals surface area contributed by atoms with E-state index in [4.69, 9.17) is 4.42 Å². The summed E-state index contributed by atoms with van der Waals surface area (Å²) in [5.41, 5.74) is 1.75. The molecule has 0 unspecified atom stereocenters. The van der Waals surface area contributed by atoms with Gasteiger partial charge in [-0.25, -0.2) is 14.2 Å². The van der Waals surface area contributed by atoms with E-state index in [1.54, 1.807) is 37.3 Å². The van der Waals surface area contributed by atoms with Crippen molar-refractivity contribution in [2.75, 3.05) is 12.4 Å². The average molecular weight is 368 g/mol. The molecule has 2 aromatic carbocycles. The van der Waals surface area contributed by atoms with E-state index >= 15 is 0 Å². The molecule has 0 saturated heterocycles. The van der Waals surface area contributed by atoms with Gasteiger partial charge >= 0.3 is 5.97 Å². The number of ether oxygens (including phenoxy) is 1. The number of hydrogen-bond donors (Lipinski definition) is 1. The van der Waals surface area contributed by atoms with Crippen molar-refractivity contribution in [2.45, 2.75) is 13.3 Å². The summed E-state index contributed by atoms with van der Waals surface area (Å²) in [6.45, 7) is 1.69. The number of halogens is 1. The minimum atomic E-state index is -0.488. The summed E-state index contributed by atoms with van der Waals surface area (Å²) < 4.78 is 23.6. The molecule has 0 aliphatic carbocycles. The number of aryl methyl sites for hydroxylation is 1. The van der Waals surface area contributed by atoms with Gasteiger partial charge in [0.15, 0.2) is 0 Å². The van der Waals surface area contributed by atoms with E-state index in [-0.39, 0.29) is 18.2 Å². The maximum Gasteiger partial charge on any atom is 0.337 e. The summed E-state index contributed by atoms with van der Waals surface area (Å²) in [6.07, 6.45) is -0.0207. The van der Waals surface area contributed by atoms with Crippen LogP contribution in [-0.2, 0) is 16.0 Å². The maximum atomic E-state index is 13.4. The summed E-state index contributed by atoms with van der Waals surface area (Å²) in [6, 6.07) is 12.3. The van der Waals surface area contributed by atoms with Crippen molar-refractivity contribution in [3.05, 3.63) is 71.4 Å². The van der Waals surface area contributed by atoms with Crippen LogP contribution in [0.4, 0.5) is 10.1 Å². The molecule has 27 heavy (non-hydrogen) atoms. The fourth-order valence-corrected chi connectivity index (χ4v) is 2.54. The molecule has 7 heteroatoms. The number of aromatic nitrogens is 1. The Kier molecular flexibility index (Phi) is 5.30. The minimum Gasteiger partial charge on any atom is -0.465 e. The Hall–Kier alpha value is -3.48. The van der Waals surface area contributed by atoms with E-state index in [9.17, 15) is 14.0 Å². The van der Waals surface area contributed by atoms with Crippen LogP contribution in [0.2, 0.25) is 0 Å². The molecule has 0 aliphatic rings. The van der Waals surface area contributed by atoms with Crippen molar-refractivity contribution >= 4 is 17.6 Å².